The predicted molar refractivity (Wildman–Crippen MR) is 77.2 cm³/mol. The molecular weight excluding hydrogens is 234 g/mol. The van der Waals surface area contributed by atoms with Gasteiger partial charge in [-0.2, -0.15) is 0 Å². The summed E-state index contributed by atoms with van der Waals surface area (Å²) in [5.41, 5.74) is 3.16. The van der Waals surface area contributed by atoms with Gasteiger partial charge in [-0.15, -0.1) is 0 Å². The molecule has 3 aromatic rings. The summed E-state index contributed by atoms with van der Waals surface area (Å²) in [5.74, 6) is 1.20. The van der Waals surface area contributed by atoms with Crippen LogP contribution in [0.4, 0.5) is 0 Å². The lowest BCUT2D eigenvalue weighted by Crippen LogP contribution is -2.02. The van der Waals surface area contributed by atoms with E-state index in [1.54, 1.807) is 0 Å². The molecule has 0 aliphatic rings. The molecule has 2 heteroatoms. The minimum Gasteiger partial charge on any atom is -0.440 e. The van der Waals surface area contributed by atoms with Crippen LogP contribution in [0, 0.1) is 0 Å². The molecule has 3 rings (SSSR count). The van der Waals surface area contributed by atoms with Crippen molar-refractivity contribution < 1.29 is 4.42 Å². The predicted octanol–water partition coefficient (Wildman–Crippen LogP) is 4.56. The Morgan fingerprint density at radius 1 is 1.00 bits per heavy atom. The number of hydrogen-bond acceptors (Lipinski definition) is 2. The summed E-state index contributed by atoms with van der Waals surface area (Å²) >= 11 is 0. The van der Waals surface area contributed by atoms with Gasteiger partial charge in [-0.05, 0) is 30.5 Å². The van der Waals surface area contributed by atoms with Crippen molar-refractivity contribution in [3.8, 4) is 0 Å². The van der Waals surface area contributed by atoms with Gasteiger partial charge in [0.15, 0.2) is 11.5 Å². The van der Waals surface area contributed by atoms with Crippen molar-refractivity contribution in [2.45, 2.75) is 25.7 Å². The number of nitrogens with zero attached hydrogens (tertiary/aromatic N) is 1. The number of fused-ring (bicyclic) bond motifs is 1. The molecule has 2 aromatic carbocycles. The van der Waals surface area contributed by atoms with Crippen LogP contribution in [-0.2, 0) is 6.42 Å². The van der Waals surface area contributed by atoms with E-state index in [2.05, 4.69) is 36.2 Å². The zero-order valence-corrected chi connectivity index (χ0v) is 11.0. The van der Waals surface area contributed by atoms with Gasteiger partial charge in [0.2, 0.25) is 0 Å². The number of rotatable bonds is 4. The molecule has 1 aromatic heterocycles. The van der Waals surface area contributed by atoms with E-state index in [1.165, 1.54) is 5.56 Å². The summed E-state index contributed by atoms with van der Waals surface area (Å²) < 4.78 is 5.88. The number of benzene rings is 2. The second-order valence-electron chi connectivity index (χ2n) is 4.81. The highest BCUT2D eigenvalue weighted by atomic mass is 16.3. The molecule has 0 bridgehead atoms. The fourth-order valence-electron chi connectivity index (χ4n) is 2.37. The first-order valence-electron chi connectivity index (χ1n) is 6.76. The van der Waals surface area contributed by atoms with Crippen molar-refractivity contribution in [1.82, 2.24) is 4.98 Å². The molecule has 1 unspecified atom stereocenters. The van der Waals surface area contributed by atoms with Crippen LogP contribution < -0.4 is 0 Å². The highest BCUT2D eigenvalue weighted by Gasteiger charge is 2.16. The summed E-state index contributed by atoms with van der Waals surface area (Å²) in [5, 5.41) is 0. The molecule has 0 aliphatic carbocycles. The number of para-hydroxylation sites is 2. The monoisotopic (exact) mass is 251 g/mol. The molecule has 19 heavy (non-hydrogen) atoms. The maximum absolute atomic E-state index is 5.88. The van der Waals surface area contributed by atoms with Crippen LogP contribution in [-0.4, -0.2) is 4.98 Å². The van der Waals surface area contributed by atoms with E-state index in [0.717, 1.165) is 29.8 Å². The lowest BCUT2D eigenvalue weighted by atomic mass is 9.97. The highest BCUT2D eigenvalue weighted by molar-refractivity contribution is 5.72. The normalized spacial score (nSPS) is 12.7. The Morgan fingerprint density at radius 2 is 1.74 bits per heavy atom. The Morgan fingerprint density at radius 3 is 2.47 bits per heavy atom. The van der Waals surface area contributed by atoms with E-state index in [9.17, 15) is 0 Å². The summed E-state index contributed by atoms with van der Waals surface area (Å²) in [6.07, 6.45) is 2.01. The van der Waals surface area contributed by atoms with Crippen LogP contribution in [0.3, 0.4) is 0 Å². The fraction of sp³-hybridized carbons (Fsp3) is 0.235. The van der Waals surface area contributed by atoms with Gasteiger partial charge in [-0.25, -0.2) is 4.98 Å². The van der Waals surface area contributed by atoms with Crippen LogP contribution in [0.1, 0.15) is 30.7 Å². The van der Waals surface area contributed by atoms with Crippen molar-refractivity contribution in [1.29, 1.82) is 0 Å². The van der Waals surface area contributed by atoms with Gasteiger partial charge in [-0.1, -0.05) is 49.4 Å². The summed E-state index contributed by atoms with van der Waals surface area (Å²) in [6.45, 7) is 2.18. The van der Waals surface area contributed by atoms with Crippen LogP contribution >= 0.6 is 0 Å². The molecule has 0 saturated carbocycles. The second-order valence-corrected chi connectivity index (χ2v) is 4.81. The number of oxazole rings is 1. The van der Waals surface area contributed by atoms with E-state index in [0.29, 0.717) is 5.92 Å². The Bertz CT molecular complexity index is 624. The summed E-state index contributed by atoms with van der Waals surface area (Å²) in [7, 11) is 0. The molecule has 1 atom stereocenters. The number of hydrogen-bond donors (Lipinski definition) is 0. The standard InChI is InChI=1S/C17H17NO/c1-2-14(12-13-8-4-3-5-9-13)17-18-15-10-6-7-11-16(15)19-17/h3-11,14H,2,12H2,1H3. The molecule has 1 heterocycles. The van der Waals surface area contributed by atoms with E-state index in [-0.39, 0.29) is 0 Å². The molecule has 0 radical (unpaired) electrons. The van der Waals surface area contributed by atoms with Crippen LogP contribution in [0.2, 0.25) is 0 Å². The second kappa shape index (κ2) is 5.27. The zero-order valence-electron chi connectivity index (χ0n) is 11.0. The molecule has 0 aliphatic heterocycles. The lowest BCUT2D eigenvalue weighted by molar-refractivity contribution is 0.459. The summed E-state index contributed by atoms with van der Waals surface area (Å²) in [4.78, 5) is 4.61. The Hall–Kier alpha value is -2.09. The van der Waals surface area contributed by atoms with Gasteiger partial charge in [-0.3, -0.25) is 0 Å². The molecule has 96 valence electrons. The van der Waals surface area contributed by atoms with Crippen molar-refractivity contribution >= 4 is 11.1 Å². The van der Waals surface area contributed by atoms with Crippen molar-refractivity contribution in [3.63, 3.8) is 0 Å². The minimum atomic E-state index is 0.342. The van der Waals surface area contributed by atoms with E-state index < -0.39 is 0 Å². The SMILES string of the molecule is CCC(Cc1ccccc1)c1nc2ccccc2o1. The Kier molecular flexibility index (Phi) is 3.32. The van der Waals surface area contributed by atoms with Gasteiger partial charge in [0.05, 0.1) is 0 Å². The molecule has 0 saturated heterocycles. The first-order valence-corrected chi connectivity index (χ1v) is 6.76. The maximum atomic E-state index is 5.88. The van der Waals surface area contributed by atoms with Gasteiger partial charge in [0.1, 0.15) is 5.52 Å². The third-order valence-corrected chi connectivity index (χ3v) is 3.48. The molecule has 0 spiro atoms. The van der Waals surface area contributed by atoms with E-state index >= 15 is 0 Å². The van der Waals surface area contributed by atoms with Crippen molar-refractivity contribution in [2.24, 2.45) is 0 Å². The average Bonchev–Trinajstić information content (AvgIpc) is 2.89. The van der Waals surface area contributed by atoms with E-state index in [4.69, 9.17) is 4.42 Å². The third-order valence-electron chi connectivity index (χ3n) is 3.48. The van der Waals surface area contributed by atoms with Crippen LogP contribution in [0.15, 0.2) is 59.0 Å². The summed E-state index contributed by atoms with van der Waals surface area (Å²) in [6, 6.07) is 18.5. The van der Waals surface area contributed by atoms with Gasteiger partial charge >= 0.3 is 0 Å². The topological polar surface area (TPSA) is 26.0 Å². The zero-order chi connectivity index (χ0) is 13.1. The molecule has 2 nitrogen and oxygen atoms in total. The smallest absolute Gasteiger partial charge is 0.198 e. The maximum Gasteiger partial charge on any atom is 0.198 e. The largest absolute Gasteiger partial charge is 0.440 e. The first-order chi connectivity index (χ1) is 9.36. The van der Waals surface area contributed by atoms with Crippen molar-refractivity contribution in [2.75, 3.05) is 0 Å². The van der Waals surface area contributed by atoms with Gasteiger partial charge < -0.3 is 4.42 Å². The third kappa shape index (κ3) is 2.53. The number of aromatic nitrogens is 1. The minimum absolute atomic E-state index is 0.342. The Labute approximate surface area is 113 Å². The van der Waals surface area contributed by atoms with E-state index in [1.807, 2.05) is 30.3 Å². The highest BCUT2D eigenvalue weighted by Crippen LogP contribution is 2.26. The fourth-order valence-corrected chi connectivity index (χ4v) is 2.37. The quantitative estimate of drug-likeness (QED) is 0.679. The Balaban J connectivity index is 1.89. The molecular formula is C17H17NO. The first kappa shape index (κ1) is 12.0. The lowest BCUT2D eigenvalue weighted by Gasteiger charge is -2.10. The molecule has 0 N–H and O–H groups in total. The van der Waals surface area contributed by atoms with Gasteiger partial charge in [0.25, 0.3) is 0 Å². The van der Waals surface area contributed by atoms with Crippen LogP contribution in [0.25, 0.3) is 11.1 Å². The van der Waals surface area contributed by atoms with Crippen molar-refractivity contribution in [3.05, 3.63) is 66.1 Å². The van der Waals surface area contributed by atoms with Crippen LogP contribution in [0.5, 0.6) is 0 Å². The average molecular weight is 251 g/mol. The molecule has 0 fully saturated rings. The van der Waals surface area contributed by atoms with Gasteiger partial charge in [0, 0.05) is 5.92 Å². The molecule has 0 amide bonds.